The number of nitrogens with zero attached hydrogens (tertiary/aromatic N) is 1. The summed E-state index contributed by atoms with van der Waals surface area (Å²) in [6, 6.07) is 5.58. The minimum atomic E-state index is -4.44. The Morgan fingerprint density at radius 3 is 2.43 bits per heavy atom. The Kier molecular flexibility index (Phi) is 5.78. The third-order valence-electron chi connectivity index (χ3n) is 3.07. The Labute approximate surface area is 122 Å². The van der Waals surface area contributed by atoms with Gasteiger partial charge in [0.15, 0.2) is 0 Å². The molecule has 21 heavy (non-hydrogen) atoms. The topological polar surface area (TPSA) is 29.5 Å². The van der Waals surface area contributed by atoms with Gasteiger partial charge in [0.2, 0.25) is 0 Å². The highest BCUT2D eigenvalue weighted by Gasteiger charge is 2.31. The number of hydrogen-bond acceptors (Lipinski definition) is 2. The molecule has 6 heteroatoms. The van der Waals surface area contributed by atoms with Crippen LogP contribution in [0.15, 0.2) is 18.2 Å². The molecule has 0 saturated heterocycles. The molecule has 0 fully saturated rings. The van der Waals surface area contributed by atoms with E-state index in [9.17, 15) is 18.0 Å². The van der Waals surface area contributed by atoms with E-state index in [0.29, 0.717) is 12.2 Å². The molecule has 1 aromatic rings. The third-order valence-corrected chi connectivity index (χ3v) is 3.07. The highest BCUT2D eigenvalue weighted by atomic mass is 19.4. The highest BCUT2D eigenvalue weighted by Crippen LogP contribution is 2.23. The standard InChI is InChI=1S/C15H20F3NO2/c1-5-19(13-7-6-10(2)8-11(13)3)14(20)12(4)21-9-15(16,17)18/h6-8,12H,5,9H2,1-4H3. The summed E-state index contributed by atoms with van der Waals surface area (Å²) >= 11 is 0. The van der Waals surface area contributed by atoms with E-state index >= 15 is 0 Å². The first-order chi connectivity index (χ1) is 9.65. The molecule has 118 valence electrons. The fourth-order valence-electron chi connectivity index (χ4n) is 2.06. The molecule has 1 unspecified atom stereocenters. The number of likely N-dealkylation sites (N-methyl/N-ethyl adjacent to an activating group) is 1. The molecule has 0 N–H and O–H groups in total. The number of halogens is 3. The summed E-state index contributed by atoms with van der Waals surface area (Å²) in [4.78, 5) is 13.7. The second kappa shape index (κ2) is 6.93. The first-order valence-corrected chi connectivity index (χ1v) is 6.72. The van der Waals surface area contributed by atoms with Gasteiger partial charge < -0.3 is 9.64 Å². The van der Waals surface area contributed by atoms with Gasteiger partial charge >= 0.3 is 6.18 Å². The van der Waals surface area contributed by atoms with Crippen LogP contribution >= 0.6 is 0 Å². The fraction of sp³-hybridized carbons (Fsp3) is 0.533. The second-order valence-corrected chi connectivity index (χ2v) is 4.94. The summed E-state index contributed by atoms with van der Waals surface area (Å²) in [5.41, 5.74) is 2.64. The number of alkyl halides is 3. The summed E-state index contributed by atoms with van der Waals surface area (Å²) in [5, 5.41) is 0. The average molecular weight is 303 g/mol. The zero-order valence-electron chi connectivity index (χ0n) is 12.6. The van der Waals surface area contributed by atoms with Gasteiger partial charge in [0.1, 0.15) is 12.7 Å². The molecule has 0 saturated carbocycles. The van der Waals surface area contributed by atoms with Crippen LogP contribution in [-0.4, -0.2) is 31.3 Å². The highest BCUT2D eigenvalue weighted by molar-refractivity contribution is 5.97. The number of benzene rings is 1. The lowest BCUT2D eigenvalue weighted by atomic mass is 10.1. The van der Waals surface area contributed by atoms with Crippen molar-refractivity contribution in [3.63, 3.8) is 0 Å². The molecule has 1 aromatic carbocycles. The van der Waals surface area contributed by atoms with Gasteiger partial charge in [-0.1, -0.05) is 17.7 Å². The van der Waals surface area contributed by atoms with E-state index in [1.54, 1.807) is 13.0 Å². The van der Waals surface area contributed by atoms with E-state index in [-0.39, 0.29) is 0 Å². The Morgan fingerprint density at radius 1 is 1.33 bits per heavy atom. The summed E-state index contributed by atoms with van der Waals surface area (Å²) in [6.45, 7) is 5.84. The number of amides is 1. The predicted molar refractivity (Wildman–Crippen MR) is 75.4 cm³/mol. The quantitative estimate of drug-likeness (QED) is 0.831. The van der Waals surface area contributed by atoms with Crippen LogP contribution in [0.3, 0.4) is 0 Å². The summed E-state index contributed by atoms with van der Waals surface area (Å²) in [5.74, 6) is -0.478. The second-order valence-electron chi connectivity index (χ2n) is 4.94. The number of aryl methyl sites for hydroxylation is 2. The summed E-state index contributed by atoms with van der Waals surface area (Å²) < 4.78 is 41.1. The minimum Gasteiger partial charge on any atom is -0.359 e. The number of carbonyl (C=O) groups is 1. The molecule has 0 aromatic heterocycles. The number of anilines is 1. The Morgan fingerprint density at radius 2 is 1.95 bits per heavy atom. The van der Waals surface area contributed by atoms with Crippen molar-refractivity contribution >= 4 is 11.6 Å². The van der Waals surface area contributed by atoms with E-state index in [1.807, 2.05) is 26.0 Å². The molecule has 0 bridgehead atoms. The van der Waals surface area contributed by atoms with E-state index < -0.39 is 24.8 Å². The van der Waals surface area contributed by atoms with Crippen molar-refractivity contribution in [3.05, 3.63) is 29.3 Å². The molecule has 3 nitrogen and oxygen atoms in total. The lowest BCUT2D eigenvalue weighted by Gasteiger charge is -2.26. The normalized spacial score (nSPS) is 13.1. The Hall–Kier alpha value is -1.56. The van der Waals surface area contributed by atoms with Gasteiger partial charge in [0.05, 0.1) is 0 Å². The molecule has 0 radical (unpaired) electrons. The Bertz CT molecular complexity index is 500. The molecule has 1 atom stereocenters. The number of carbonyl (C=O) groups excluding carboxylic acids is 1. The van der Waals surface area contributed by atoms with E-state index in [1.165, 1.54) is 11.8 Å². The van der Waals surface area contributed by atoms with Crippen LogP contribution in [0.1, 0.15) is 25.0 Å². The summed E-state index contributed by atoms with van der Waals surface area (Å²) in [6.07, 6.45) is -5.59. The van der Waals surface area contributed by atoms with Crippen LogP contribution in [0.4, 0.5) is 18.9 Å². The summed E-state index contributed by atoms with van der Waals surface area (Å²) in [7, 11) is 0. The van der Waals surface area contributed by atoms with Crippen LogP contribution < -0.4 is 4.90 Å². The first kappa shape index (κ1) is 17.5. The van der Waals surface area contributed by atoms with Gasteiger partial charge in [-0.3, -0.25) is 4.79 Å². The number of hydrogen-bond donors (Lipinski definition) is 0. The largest absolute Gasteiger partial charge is 0.411 e. The molecule has 0 aliphatic carbocycles. The van der Waals surface area contributed by atoms with Crippen LogP contribution in [-0.2, 0) is 9.53 Å². The van der Waals surface area contributed by atoms with Crippen LogP contribution in [0, 0.1) is 13.8 Å². The molecular weight excluding hydrogens is 283 g/mol. The lowest BCUT2D eigenvalue weighted by Crippen LogP contribution is -2.40. The molecule has 0 aliphatic rings. The zero-order valence-corrected chi connectivity index (χ0v) is 12.6. The van der Waals surface area contributed by atoms with Crippen molar-refractivity contribution in [2.75, 3.05) is 18.1 Å². The van der Waals surface area contributed by atoms with Crippen LogP contribution in [0.5, 0.6) is 0 Å². The first-order valence-electron chi connectivity index (χ1n) is 6.72. The smallest absolute Gasteiger partial charge is 0.359 e. The van der Waals surface area contributed by atoms with Crippen molar-refractivity contribution in [3.8, 4) is 0 Å². The van der Waals surface area contributed by atoms with Crippen LogP contribution in [0.2, 0.25) is 0 Å². The van der Waals surface area contributed by atoms with Crippen molar-refractivity contribution < 1.29 is 22.7 Å². The maximum Gasteiger partial charge on any atom is 0.411 e. The van der Waals surface area contributed by atoms with Gasteiger partial charge in [-0.25, -0.2) is 0 Å². The zero-order chi connectivity index (χ0) is 16.2. The SMILES string of the molecule is CCN(C(=O)C(C)OCC(F)(F)F)c1ccc(C)cc1C. The van der Waals surface area contributed by atoms with Crippen molar-refractivity contribution in [2.24, 2.45) is 0 Å². The molecule has 0 heterocycles. The van der Waals surface area contributed by atoms with Gasteiger partial charge in [0.25, 0.3) is 5.91 Å². The molecule has 0 spiro atoms. The monoisotopic (exact) mass is 303 g/mol. The molecule has 1 amide bonds. The molecular formula is C15H20F3NO2. The Balaban J connectivity index is 2.86. The average Bonchev–Trinajstić information content (AvgIpc) is 2.38. The lowest BCUT2D eigenvalue weighted by molar-refractivity contribution is -0.185. The van der Waals surface area contributed by atoms with E-state index in [0.717, 1.165) is 11.1 Å². The molecule has 0 aliphatic heterocycles. The van der Waals surface area contributed by atoms with E-state index in [4.69, 9.17) is 0 Å². The maximum atomic E-state index is 12.3. The van der Waals surface area contributed by atoms with Crippen LogP contribution in [0.25, 0.3) is 0 Å². The third kappa shape index (κ3) is 5.04. The van der Waals surface area contributed by atoms with Gasteiger partial charge in [-0.05, 0) is 39.3 Å². The van der Waals surface area contributed by atoms with Gasteiger partial charge in [0, 0.05) is 12.2 Å². The van der Waals surface area contributed by atoms with Gasteiger partial charge in [-0.2, -0.15) is 13.2 Å². The van der Waals surface area contributed by atoms with Crippen molar-refractivity contribution in [2.45, 2.75) is 40.0 Å². The van der Waals surface area contributed by atoms with Crippen molar-refractivity contribution in [1.29, 1.82) is 0 Å². The maximum absolute atomic E-state index is 12.3. The minimum absolute atomic E-state index is 0.364. The number of ether oxygens (including phenoxy) is 1. The number of rotatable bonds is 5. The predicted octanol–water partition coefficient (Wildman–Crippen LogP) is 3.62. The van der Waals surface area contributed by atoms with Crippen molar-refractivity contribution in [1.82, 2.24) is 0 Å². The van der Waals surface area contributed by atoms with Gasteiger partial charge in [-0.15, -0.1) is 0 Å². The fourth-order valence-corrected chi connectivity index (χ4v) is 2.06. The molecule has 1 rings (SSSR count). The van der Waals surface area contributed by atoms with E-state index in [2.05, 4.69) is 4.74 Å².